The van der Waals surface area contributed by atoms with Crippen LogP contribution in [0.15, 0.2) is 18.6 Å². The number of amides is 1. The lowest BCUT2D eigenvalue weighted by molar-refractivity contribution is 0.0872. The van der Waals surface area contributed by atoms with Gasteiger partial charge in [-0.2, -0.15) is 0 Å². The van der Waals surface area contributed by atoms with Crippen LogP contribution in [0.3, 0.4) is 0 Å². The maximum atomic E-state index is 13.0. The van der Waals surface area contributed by atoms with Crippen LogP contribution in [-0.4, -0.2) is 40.7 Å². The highest BCUT2D eigenvalue weighted by molar-refractivity contribution is 6.01. The highest BCUT2D eigenvalue weighted by Gasteiger charge is 2.32. The predicted octanol–water partition coefficient (Wildman–Crippen LogP) is 2.35. The molecule has 3 N–H and O–H groups in total. The summed E-state index contributed by atoms with van der Waals surface area (Å²) in [6.07, 6.45) is 5.79. The number of rotatable bonds is 8. The number of aliphatic hydroxyl groups is 1. The van der Waals surface area contributed by atoms with Crippen LogP contribution < -0.4 is 15.4 Å². The lowest BCUT2D eigenvalue weighted by Gasteiger charge is -2.29. The average molecular weight is 348 g/mol. The molecule has 1 aromatic heterocycles. The van der Waals surface area contributed by atoms with Crippen LogP contribution >= 0.6 is 0 Å². The van der Waals surface area contributed by atoms with Crippen LogP contribution in [0.4, 0.5) is 5.82 Å². The summed E-state index contributed by atoms with van der Waals surface area (Å²) >= 11 is 0. The Morgan fingerprint density at radius 3 is 2.68 bits per heavy atom. The van der Waals surface area contributed by atoms with Gasteiger partial charge in [-0.1, -0.05) is 26.3 Å². The number of nitrogens with one attached hydrogen (secondary N) is 2. The van der Waals surface area contributed by atoms with E-state index in [1.54, 1.807) is 6.92 Å². The van der Waals surface area contributed by atoms with Gasteiger partial charge in [0.2, 0.25) is 5.88 Å². The van der Waals surface area contributed by atoms with Gasteiger partial charge in [-0.05, 0) is 31.6 Å². The maximum Gasteiger partial charge on any atom is 0.260 e. The summed E-state index contributed by atoms with van der Waals surface area (Å²) in [5.74, 6) is 0.606. The number of carbonyl (C=O) groups excluding carboxylic acids is 1. The Morgan fingerprint density at radius 1 is 1.44 bits per heavy atom. The molecule has 138 valence electrons. The number of carbonyl (C=O) groups is 1. The van der Waals surface area contributed by atoms with E-state index >= 15 is 0 Å². The first-order chi connectivity index (χ1) is 12.0. The first-order valence-electron chi connectivity index (χ1n) is 8.71. The first-order valence-corrected chi connectivity index (χ1v) is 8.71. The molecule has 1 amide bonds. The van der Waals surface area contributed by atoms with Crippen molar-refractivity contribution in [2.75, 3.05) is 19.0 Å². The summed E-state index contributed by atoms with van der Waals surface area (Å²) in [6.45, 7) is 7.56. The second-order valence-corrected chi connectivity index (χ2v) is 6.72. The zero-order valence-electron chi connectivity index (χ0n) is 15.2. The Morgan fingerprint density at radius 2 is 2.12 bits per heavy atom. The number of anilines is 1. The first kappa shape index (κ1) is 19.2. The highest BCUT2D eigenvalue weighted by Crippen LogP contribution is 2.31. The molecule has 1 heterocycles. The molecule has 7 heteroatoms. The molecular weight excluding hydrogens is 320 g/mol. The van der Waals surface area contributed by atoms with E-state index < -0.39 is 0 Å². The fourth-order valence-corrected chi connectivity index (χ4v) is 3.40. The number of hydrogen-bond donors (Lipinski definition) is 3. The highest BCUT2D eigenvalue weighted by atomic mass is 16.5. The lowest BCUT2D eigenvalue weighted by atomic mass is 9.88. The molecule has 0 aliphatic heterocycles. The summed E-state index contributed by atoms with van der Waals surface area (Å²) in [4.78, 5) is 21.2. The normalized spacial score (nSPS) is 17.0. The fraction of sp³-hybridized carbons (Fsp3) is 0.611. The van der Waals surface area contributed by atoms with E-state index in [1.165, 1.54) is 13.4 Å². The second kappa shape index (κ2) is 8.80. The monoisotopic (exact) mass is 348 g/mol. The lowest BCUT2D eigenvalue weighted by Crippen LogP contribution is -2.45. The third-order valence-corrected chi connectivity index (χ3v) is 4.67. The van der Waals surface area contributed by atoms with Crippen molar-refractivity contribution in [1.29, 1.82) is 0 Å². The molecule has 0 radical (unpaired) electrons. The molecule has 0 bridgehead atoms. The smallest absolute Gasteiger partial charge is 0.260 e. The van der Waals surface area contributed by atoms with E-state index in [9.17, 15) is 9.90 Å². The van der Waals surface area contributed by atoms with Crippen molar-refractivity contribution in [1.82, 2.24) is 15.3 Å². The van der Waals surface area contributed by atoms with E-state index in [-0.39, 0.29) is 35.9 Å². The molecule has 0 saturated heterocycles. The number of nitrogens with zero attached hydrogens (tertiary/aromatic N) is 2. The summed E-state index contributed by atoms with van der Waals surface area (Å²) in [5.41, 5.74) is 0.909. The molecule has 1 aromatic rings. The van der Waals surface area contributed by atoms with Gasteiger partial charge in [0.25, 0.3) is 5.91 Å². The summed E-state index contributed by atoms with van der Waals surface area (Å²) in [6, 6.07) is -0.0948. The minimum Gasteiger partial charge on any atom is -0.480 e. The van der Waals surface area contributed by atoms with Crippen molar-refractivity contribution < 1.29 is 14.6 Å². The van der Waals surface area contributed by atoms with Gasteiger partial charge in [-0.3, -0.25) is 4.79 Å². The summed E-state index contributed by atoms with van der Waals surface area (Å²) in [5, 5.41) is 15.7. The number of aromatic nitrogens is 2. The van der Waals surface area contributed by atoms with Gasteiger partial charge in [0.15, 0.2) is 0 Å². The van der Waals surface area contributed by atoms with Crippen LogP contribution in [0.5, 0.6) is 5.88 Å². The molecule has 0 spiro atoms. The van der Waals surface area contributed by atoms with Gasteiger partial charge >= 0.3 is 0 Å². The number of ether oxygens (including phenoxy) is 1. The number of hydrogen-bond acceptors (Lipinski definition) is 6. The van der Waals surface area contributed by atoms with E-state index in [2.05, 4.69) is 27.2 Å². The van der Waals surface area contributed by atoms with Gasteiger partial charge < -0.3 is 20.5 Å². The molecule has 1 aliphatic carbocycles. The quantitative estimate of drug-likeness (QED) is 0.667. The van der Waals surface area contributed by atoms with E-state index in [0.717, 1.165) is 25.7 Å². The largest absolute Gasteiger partial charge is 0.480 e. The Kier molecular flexibility index (Phi) is 6.75. The molecule has 1 fully saturated rings. The van der Waals surface area contributed by atoms with E-state index in [1.807, 2.05) is 6.92 Å². The van der Waals surface area contributed by atoms with Gasteiger partial charge in [0.1, 0.15) is 17.7 Å². The molecule has 0 aromatic carbocycles. The summed E-state index contributed by atoms with van der Waals surface area (Å²) < 4.78 is 5.25. The maximum absolute atomic E-state index is 13.0. The fourth-order valence-electron chi connectivity index (χ4n) is 3.40. The van der Waals surface area contributed by atoms with Gasteiger partial charge in [-0.25, -0.2) is 9.97 Å². The average Bonchev–Trinajstić information content (AvgIpc) is 3.12. The van der Waals surface area contributed by atoms with E-state index in [4.69, 9.17) is 4.74 Å². The third kappa shape index (κ3) is 4.69. The Bertz CT molecular complexity index is 614. The molecule has 1 saturated carbocycles. The Balaban J connectivity index is 2.29. The molecule has 7 nitrogen and oxygen atoms in total. The third-order valence-electron chi connectivity index (χ3n) is 4.67. The minimum absolute atomic E-state index is 0.0276. The number of aliphatic hydroxyl groups excluding tert-OH is 1. The number of allylic oxidation sites excluding steroid dienone is 1. The molecular formula is C18H28N4O3. The Hall–Kier alpha value is -2.15. The van der Waals surface area contributed by atoms with Crippen LogP contribution in [0.25, 0.3) is 0 Å². The zero-order valence-corrected chi connectivity index (χ0v) is 15.2. The van der Waals surface area contributed by atoms with Crippen molar-refractivity contribution in [2.24, 2.45) is 11.8 Å². The van der Waals surface area contributed by atoms with Crippen molar-refractivity contribution in [3.05, 3.63) is 24.2 Å². The molecule has 2 atom stereocenters. The van der Waals surface area contributed by atoms with Crippen molar-refractivity contribution in [2.45, 2.75) is 45.6 Å². The van der Waals surface area contributed by atoms with E-state index in [0.29, 0.717) is 17.4 Å². The molecule has 2 rings (SSSR count). The standard InChI is InChI=1S/C18H28N4O3/c1-11(2)21-16-14(18(25-4)20-10-19-16)17(24)22-15(12(3)9-23)13-7-5-6-8-13/h10,12-13,15,23H,1,5-9H2,2-4H3,(H,22,24)(H,19,20,21). The summed E-state index contributed by atoms with van der Waals surface area (Å²) in [7, 11) is 1.47. The van der Waals surface area contributed by atoms with Crippen LogP contribution in [-0.2, 0) is 0 Å². The van der Waals surface area contributed by atoms with Crippen molar-refractivity contribution in [3.63, 3.8) is 0 Å². The van der Waals surface area contributed by atoms with Crippen LogP contribution in [0.1, 0.15) is 49.9 Å². The molecule has 2 unspecified atom stereocenters. The van der Waals surface area contributed by atoms with Gasteiger partial charge in [-0.15, -0.1) is 0 Å². The van der Waals surface area contributed by atoms with Gasteiger partial charge in [0, 0.05) is 18.3 Å². The molecule has 25 heavy (non-hydrogen) atoms. The predicted molar refractivity (Wildman–Crippen MR) is 96.5 cm³/mol. The topological polar surface area (TPSA) is 96.4 Å². The van der Waals surface area contributed by atoms with Gasteiger partial charge in [0.05, 0.1) is 7.11 Å². The zero-order chi connectivity index (χ0) is 18.4. The Labute approximate surface area is 148 Å². The van der Waals surface area contributed by atoms with Crippen molar-refractivity contribution in [3.8, 4) is 5.88 Å². The molecule has 1 aliphatic rings. The minimum atomic E-state index is -0.307. The second-order valence-electron chi connectivity index (χ2n) is 6.72. The van der Waals surface area contributed by atoms with Crippen LogP contribution in [0.2, 0.25) is 0 Å². The SMILES string of the molecule is C=C(C)Nc1ncnc(OC)c1C(=O)NC(C(C)CO)C1CCCC1. The number of methoxy groups -OCH3 is 1. The van der Waals surface area contributed by atoms with Crippen LogP contribution in [0, 0.1) is 11.8 Å². The van der Waals surface area contributed by atoms with Crippen molar-refractivity contribution >= 4 is 11.7 Å².